The highest BCUT2D eigenvalue weighted by molar-refractivity contribution is 5.70. The molecule has 3 nitrogen and oxygen atoms in total. The zero-order chi connectivity index (χ0) is 11.6. The van der Waals surface area contributed by atoms with E-state index in [-0.39, 0.29) is 18.2 Å². The highest BCUT2D eigenvalue weighted by Crippen LogP contribution is 2.25. The molecule has 0 aliphatic carbocycles. The summed E-state index contributed by atoms with van der Waals surface area (Å²) in [6.07, 6.45) is 6.92. The van der Waals surface area contributed by atoms with Crippen LogP contribution in [0.15, 0.2) is 0 Å². The van der Waals surface area contributed by atoms with Crippen LogP contribution in [-0.2, 0) is 4.74 Å². The summed E-state index contributed by atoms with van der Waals surface area (Å²) in [4.78, 5) is 13.5. The minimum atomic E-state index is -0.460. The number of amides is 1. The van der Waals surface area contributed by atoms with E-state index >= 15 is 0 Å². The summed E-state index contributed by atoms with van der Waals surface area (Å²) >= 11 is 0. The molecule has 84 valence electrons. The van der Waals surface area contributed by atoms with Gasteiger partial charge in [0.15, 0.2) is 0 Å². The minimum absolute atomic E-state index is 0.102. The number of carbonyl (C=O) groups is 1. The Morgan fingerprint density at radius 3 is 2.53 bits per heavy atom. The first kappa shape index (κ1) is 11.9. The van der Waals surface area contributed by atoms with Crippen LogP contribution in [0, 0.1) is 12.3 Å². The molecule has 0 aromatic heterocycles. The van der Waals surface area contributed by atoms with Crippen LogP contribution >= 0.6 is 0 Å². The lowest BCUT2D eigenvalue weighted by molar-refractivity contribution is 0.0200. The minimum Gasteiger partial charge on any atom is -0.444 e. The summed E-state index contributed by atoms with van der Waals surface area (Å²) in [7, 11) is 0. The van der Waals surface area contributed by atoms with Crippen molar-refractivity contribution in [3.63, 3.8) is 0 Å². The summed E-state index contributed by atoms with van der Waals surface area (Å²) in [5.74, 6) is 2.64. The Kier molecular flexibility index (Phi) is 3.28. The number of terminal acetylenes is 1. The molecule has 1 rings (SSSR count). The maximum Gasteiger partial charge on any atom is 0.411 e. The normalized spacial score (nSPS) is 26.2. The number of carbonyl (C=O) groups excluding carboxylic acids is 1. The molecule has 0 N–H and O–H groups in total. The van der Waals surface area contributed by atoms with Crippen LogP contribution in [0.5, 0.6) is 0 Å². The number of rotatable bonds is 0. The van der Waals surface area contributed by atoms with Crippen LogP contribution in [0.1, 0.15) is 40.5 Å². The topological polar surface area (TPSA) is 29.5 Å². The van der Waals surface area contributed by atoms with E-state index in [0.29, 0.717) is 0 Å². The van der Waals surface area contributed by atoms with Gasteiger partial charge >= 0.3 is 6.09 Å². The Bertz CT molecular complexity index is 285. The fraction of sp³-hybridized carbons (Fsp3) is 0.750. The van der Waals surface area contributed by atoms with Crippen molar-refractivity contribution in [1.29, 1.82) is 0 Å². The lowest BCUT2D eigenvalue weighted by atomic mass is 10.2. The second kappa shape index (κ2) is 4.14. The maximum atomic E-state index is 11.8. The zero-order valence-electron chi connectivity index (χ0n) is 9.91. The lowest BCUT2D eigenvalue weighted by Crippen LogP contribution is -2.42. The van der Waals surface area contributed by atoms with Gasteiger partial charge in [-0.25, -0.2) is 4.79 Å². The monoisotopic (exact) mass is 209 g/mol. The van der Waals surface area contributed by atoms with Crippen molar-refractivity contribution in [3.05, 3.63) is 0 Å². The molecule has 0 spiro atoms. The molecule has 1 amide bonds. The SMILES string of the molecule is C#C[C@@H]1CC[C@@H](C)N1C(=O)OC(C)(C)C. The van der Waals surface area contributed by atoms with E-state index in [0.717, 1.165) is 12.8 Å². The molecule has 3 heteroatoms. The van der Waals surface area contributed by atoms with Gasteiger partial charge in [0.2, 0.25) is 0 Å². The van der Waals surface area contributed by atoms with Crippen LogP contribution in [0.2, 0.25) is 0 Å². The molecule has 1 aliphatic rings. The summed E-state index contributed by atoms with van der Waals surface area (Å²) in [5.41, 5.74) is -0.460. The summed E-state index contributed by atoms with van der Waals surface area (Å²) in [6.45, 7) is 7.57. The van der Waals surface area contributed by atoms with Crippen molar-refractivity contribution in [3.8, 4) is 12.3 Å². The molecule has 1 saturated heterocycles. The highest BCUT2D eigenvalue weighted by Gasteiger charge is 2.35. The van der Waals surface area contributed by atoms with Crippen molar-refractivity contribution in [2.24, 2.45) is 0 Å². The highest BCUT2D eigenvalue weighted by atomic mass is 16.6. The van der Waals surface area contributed by atoms with E-state index in [1.54, 1.807) is 4.90 Å². The van der Waals surface area contributed by atoms with Gasteiger partial charge in [-0.1, -0.05) is 5.92 Å². The smallest absolute Gasteiger partial charge is 0.411 e. The predicted octanol–water partition coefficient (Wildman–Crippen LogP) is 2.41. The van der Waals surface area contributed by atoms with Gasteiger partial charge in [-0.2, -0.15) is 0 Å². The van der Waals surface area contributed by atoms with Gasteiger partial charge in [0.25, 0.3) is 0 Å². The molecule has 0 unspecified atom stereocenters. The van der Waals surface area contributed by atoms with Crippen molar-refractivity contribution in [2.75, 3.05) is 0 Å². The number of ether oxygens (including phenoxy) is 1. The Balaban J connectivity index is 2.70. The van der Waals surface area contributed by atoms with Gasteiger partial charge in [-0.05, 0) is 40.5 Å². The quantitative estimate of drug-likeness (QED) is 0.573. The van der Waals surface area contributed by atoms with Gasteiger partial charge in [0, 0.05) is 6.04 Å². The van der Waals surface area contributed by atoms with Crippen LogP contribution in [0.3, 0.4) is 0 Å². The first-order valence-corrected chi connectivity index (χ1v) is 5.32. The number of hydrogen-bond donors (Lipinski definition) is 0. The number of hydrogen-bond acceptors (Lipinski definition) is 2. The molecule has 15 heavy (non-hydrogen) atoms. The summed E-state index contributed by atoms with van der Waals surface area (Å²) < 4.78 is 5.32. The Morgan fingerprint density at radius 2 is 2.07 bits per heavy atom. The Hall–Kier alpha value is -1.17. The van der Waals surface area contributed by atoms with Crippen LogP contribution in [0.25, 0.3) is 0 Å². The molecule has 0 saturated carbocycles. The first-order chi connectivity index (χ1) is 6.85. The van der Waals surface area contributed by atoms with Gasteiger partial charge in [-0.15, -0.1) is 6.42 Å². The van der Waals surface area contributed by atoms with Gasteiger partial charge in [-0.3, -0.25) is 4.90 Å². The zero-order valence-corrected chi connectivity index (χ0v) is 9.91. The third-order valence-electron chi connectivity index (χ3n) is 2.47. The molecular weight excluding hydrogens is 190 g/mol. The molecule has 1 fully saturated rings. The molecule has 0 aromatic rings. The van der Waals surface area contributed by atoms with Crippen LogP contribution in [0.4, 0.5) is 4.79 Å². The Morgan fingerprint density at radius 1 is 1.47 bits per heavy atom. The van der Waals surface area contributed by atoms with E-state index < -0.39 is 5.60 Å². The molecule has 0 radical (unpaired) electrons. The lowest BCUT2D eigenvalue weighted by Gasteiger charge is -2.29. The second-order valence-electron chi connectivity index (χ2n) is 5.00. The maximum absolute atomic E-state index is 11.8. The van der Waals surface area contributed by atoms with E-state index in [9.17, 15) is 4.79 Å². The van der Waals surface area contributed by atoms with Crippen molar-refractivity contribution in [1.82, 2.24) is 4.90 Å². The van der Waals surface area contributed by atoms with Crippen molar-refractivity contribution >= 4 is 6.09 Å². The van der Waals surface area contributed by atoms with Gasteiger partial charge in [0.1, 0.15) is 5.60 Å². The fourth-order valence-corrected chi connectivity index (χ4v) is 1.77. The van der Waals surface area contributed by atoms with Crippen LogP contribution < -0.4 is 0 Å². The first-order valence-electron chi connectivity index (χ1n) is 5.32. The summed E-state index contributed by atoms with van der Waals surface area (Å²) in [5, 5.41) is 0. The molecular formula is C12H19NO2. The largest absolute Gasteiger partial charge is 0.444 e. The summed E-state index contributed by atoms with van der Waals surface area (Å²) in [6, 6.07) is 0.0794. The van der Waals surface area contributed by atoms with E-state index in [2.05, 4.69) is 5.92 Å². The molecule has 0 bridgehead atoms. The second-order valence-corrected chi connectivity index (χ2v) is 5.00. The average Bonchev–Trinajstić information content (AvgIpc) is 2.43. The molecule has 0 aromatic carbocycles. The van der Waals surface area contributed by atoms with Crippen molar-refractivity contribution < 1.29 is 9.53 Å². The number of likely N-dealkylation sites (tertiary alicyclic amines) is 1. The van der Waals surface area contributed by atoms with Crippen molar-refractivity contribution in [2.45, 2.75) is 58.2 Å². The van der Waals surface area contributed by atoms with E-state index in [1.807, 2.05) is 27.7 Å². The molecule has 1 aliphatic heterocycles. The number of nitrogens with zero attached hydrogens (tertiary/aromatic N) is 1. The fourth-order valence-electron chi connectivity index (χ4n) is 1.77. The Labute approximate surface area is 91.8 Å². The van der Waals surface area contributed by atoms with Crippen LogP contribution in [-0.4, -0.2) is 28.7 Å². The predicted molar refractivity (Wildman–Crippen MR) is 59.4 cm³/mol. The third kappa shape index (κ3) is 2.89. The standard InChI is InChI=1S/C12H19NO2/c1-6-10-8-7-9(2)13(10)11(14)15-12(3,4)5/h1,9-10H,7-8H2,2-5H3/t9-,10-/m1/s1. The molecule has 1 heterocycles. The average molecular weight is 209 g/mol. The third-order valence-corrected chi connectivity index (χ3v) is 2.47. The molecule has 2 atom stereocenters. The van der Waals surface area contributed by atoms with Gasteiger partial charge in [0.05, 0.1) is 6.04 Å². The van der Waals surface area contributed by atoms with E-state index in [1.165, 1.54) is 0 Å². The van der Waals surface area contributed by atoms with Gasteiger partial charge < -0.3 is 4.74 Å². The van der Waals surface area contributed by atoms with E-state index in [4.69, 9.17) is 11.2 Å².